The van der Waals surface area contributed by atoms with Crippen LogP contribution in [-0.4, -0.2) is 32.1 Å². The molecular weight excluding hydrogens is 502 g/mol. The van der Waals surface area contributed by atoms with E-state index < -0.39 is 0 Å². The molecule has 40 heavy (non-hydrogen) atoms. The van der Waals surface area contributed by atoms with Crippen molar-refractivity contribution in [2.45, 2.75) is 32.9 Å². The van der Waals surface area contributed by atoms with Gasteiger partial charge in [0.05, 0.1) is 29.7 Å². The number of amides is 2. The number of urea groups is 1. The third-order valence-electron chi connectivity index (χ3n) is 7.55. The van der Waals surface area contributed by atoms with Gasteiger partial charge >= 0.3 is 6.03 Å². The molecule has 3 aromatic carbocycles. The molecule has 0 saturated carbocycles. The lowest BCUT2D eigenvalue weighted by atomic mass is 10.00. The van der Waals surface area contributed by atoms with E-state index in [9.17, 15) is 4.79 Å². The SMILES string of the molecule is CCc1nn(-c2ccccc2)c2c1CN(C(=O)Nc1ccc3c(c1)OCO3)[C@@H](c1cccc(C)c1)c1cccn1-2. The molecule has 7 rings (SSSR count). The number of hydrogen-bond donors (Lipinski definition) is 1. The van der Waals surface area contributed by atoms with Crippen LogP contribution in [0.4, 0.5) is 10.5 Å². The summed E-state index contributed by atoms with van der Waals surface area (Å²) in [7, 11) is 0. The highest BCUT2D eigenvalue weighted by Crippen LogP contribution is 2.40. The Balaban J connectivity index is 1.39. The number of aryl methyl sites for hydroxylation is 2. The van der Waals surface area contributed by atoms with Gasteiger partial charge in [-0.25, -0.2) is 9.48 Å². The first-order valence-corrected chi connectivity index (χ1v) is 13.5. The highest BCUT2D eigenvalue weighted by molar-refractivity contribution is 5.90. The summed E-state index contributed by atoms with van der Waals surface area (Å²) in [5, 5.41) is 8.16. The smallest absolute Gasteiger partial charge is 0.322 e. The predicted octanol–water partition coefficient (Wildman–Crippen LogP) is 6.40. The van der Waals surface area contributed by atoms with Gasteiger partial charge in [-0.2, -0.15) is 5.10 Å². The number of benzene rings is 3. The van der Waals surface area contributed by atoms with Gasteiger partial charge in [0, 0.05) is 23.5 Å². The molecule has 0 bridgehead atoms. The minimum absolute atomic E-state index is 0.180. The number of nitrogens with one attached hydrogen (secondary N) is 1. The van der Waals surface area contributed by atoms with Crippen LogP contribution in [0.2, 0.25) is 0 Å². The van der Waals surface area contributed by atoms with Gasteiger partial charge in [0.1, 0.15) is 5.82 Å². The number of carbonyl (C=O) groups excluding carboxylic acids is 1. The first kappa shape index (κ1) is 24.1. The summed E-state index contributed by atoms with van der Waals surface area (Å²) in [6.07, 6.45) is 2.81. The lowest BCUT2D eigenvalue weighted by molar-refractivity contribution is 0.174. The van der Waals surface area contributed by atoms with Crippen LogP contribution < -0.4 is 14.8 Å². The maximum absolute atomic E-state index is 14.2. The van der Waals surface area contributed by atoms with Gasteiger partial charge in [0.2, 0.25) is 6.79 Å². The van der Waals surface area contributed by atoms with Gasteiger partial charge < -0.3 is 24.3 Å². The second-order valence-corrected chi connectivity index (χ2v) is 10.1. The molecule has 0 unspecified atom stereocenters. The normalized spacial score (nSPS) is 15.3. The summed E-state index contributed by atoms with van der Waals surface area (Å²) in [4.78, 5) is 16.1. The summed E-state index contributed by atoms with van der Waals surface area (Å²) < 4.78 is 15.2. The van der Waals surface area contributed by atoms with Crippen molar-refractivity contribution in [1.82, 2.24) is 19.2 Å². The maximum atomic E-state index is 14.2. The zero-order valence-corrected chi connectivity index (χ0v) is 22.4. The summed E-state index contributed by atoms with van der Waals surface area (Å²) in [5.41, 5.74) is 6.78. The predicted molar refractivity (Wildman–Crippen MR) is 152 cm³/mol. The minimum Gasteiger partial charge on any atom is -0.454 e. The van der Waals surface area contributed by atoms with Crippen molar-refractivity contribution >= 4 is 11.7 Å². The quantitative estimate of drug-likeness (QED) is 0.291. The van der Waals surface area contributed by atoms with Crippen LogP contribution in [0.3, 0.4) is 0 Å². The molecule has 2 amide bonds. The van der Waals surface area contributed by atoms with Gasteiger partial charge in [0.25, 0.3) is 0 Å². The molecule has 0 aliphatic carbocycles. The van der Waals surface area contributed by atoms with E-state index in [-0.39, 0.29) is 18.9 Å². The van der Waals surface area contributed by atoms with E-state index in [1.807, 2.05) is 52.0 Å². The van der Waals surface area contributed by atoms with E-state index in [2.05, 4.69) is 66.3 Å². The van der Waals surface area contributed by atoms with Gasteiger partial charge in [0.15, 0.2) is 11.5 Å². The number of fused-ring (bicyclic) bond motifs is 4. The molecule has 0 saturated heterocycles. The Kier molecular flexibility index (Phi) is 5.81. The van der Waals surface area contributed by atoms with E-state index in [1.165, 1.54) is 0 Å². The number of hydrogen-bond acceptors (Lipinski definition) is 4. The number of aromatic nitrogens is 3. The minimum atomic E-state index is -0.328. The average Bonchev–Trinajstić information content (AvgIpc) is 3.70. The van der Waals surface area contributed by atoms with E-state index in [1.54, 1.807) is 6.07 Å². The third-order valence-corrected chi connectivity index (χ3v) is 7.55. The molecule has 2 aliphatic rings. The van der Waals surface area contributed by atoms with E-state index in [4.69, 9.17) is 14.6 Å². The van der Waals surface area contributed by atoms with Crippen LogP contribution in [-0.2, 0) is 13.0 Å². The van der Waals surface area contributed by atoms with Crippen molar-refractivity contribution in [2.24, 2.45) is 0 Å². The number of rotatable bonds is 4. The van der Waals surface area contributed by atoms with E-state index >= 15 is 0 Å². The summed E-state index contributed by atoms with van der Waals surface area (Å²) in [5.74, 6) is 2.25. The lowest BCUT2D eigenvalue weighted by Gasteiger charge is -2.31. The lowest BCUT2D eigenvalue weighted by Crippen LogP contribution is -2.38. The van der Waals surface area contributed by atoms with Crippen LogP contribution in [0.5, 0.6) is 11.5 Å². The second kappa shape index (κ2) is 9.64. The third kappa shape index (κ3) is 4.00. The Morgan fingerprint density at radius 2 is 1.82 bits per heavy atom. The number of nitrogens with zero attached hydrogens (tertiary/aromatic N) is 4. The van der Waals surface area contributed by atoms with Crippen LogP contribution in [0.15, 0.2) is 91.1 Å². The Labute approximate surface area is 232 Å². The zero-order valence-electron chi connectivity index (χ0n) is 22.4. The van der Waals surface area contributed by atoms with Crippen LogP contribution in [0.1, 0.15) is 41.0 Å². The fraction of sp³-hybridized carbons (Fsp3) is 0.188. The van der Waals surface area contributed by atoms with Crippen molar-refractivity contribution in [3.05, 3.63) is 119 Å². The van der Waals surface area contributed by atoms with Crippen molar-refractivity contribution in [1.29, 1.82) is 0 Å². The molecule has 0 spiro atoms. The molecule has 1 N–H and O–H groups in total. The molecule has 4 heterocycles. The van der Waals surface area contributed by atoms with Crippen LogP contribution in [0, 0.1) is 6.92 Å². The number of anilines is 1. The summed E-state index contributed by atoms with van der Waals surface area (Å²) >= 11 is 0. The monoisotopic (exact) mass is 531 g/mol. The Bertz CT molecular complexity index is 1720. The highest BCUT2D eigenvalue weighted by Gasteiger charge is 2.36. The number of para-hydroxylation sites is 1. The van der Waals surface area contributed by atoms with Gasteiger partial charge in [-0.05, 0) is 55.3 Å². The Morgan fingerprint density at radius 3 is 2.65 bits per heavy atom. The standard InChI is InChI=1S/C32H29N5O3/c1-3-26-25-19-36(32(38)33-23-14-15-28-29(18-23)40-20-39-28)30(22-10-7-9-21(2)17-22)27-13-8-16-35(27)31(25)37(34-26)24-11-5-4-6-12-24/h4-18,30H,3,19-20H2,1-2H3,(H,33,38)/t30-/m0/s1. The molecule has 1 atom stereocenters. The molecule has 2 aliphatic heterocycles. The van der Waals surface area contributed by atoms with Crippen molar-refractivity contribution in [3.63, 3.8) is 0 Å². The van der Waals surface area contributed by atoms with E-state index in [0.29, 0.717) is 23.7 Å². The molecule has 0 fully saturated rings. The van der Waals surface area contributed by atoms with Gasteiger partial charge in [-0.1, -0.05) is 55.0 Å². The average molecular weight is 532 g/mol. The molecule has 5 aromatic rings. The van der Waals surface area contributed by atoms with Crippen LogP contribution in [0.25, 0.3) is 11.5 Å². The first-order valence-electron chi connectivity index (χ1n) is 13.5. The van der Waals surface area contributed by atoms with E-state index in [0.717, 1.165) is 46.0 Å². The van der Waals surface area contributed by atoms with Crippen molar-refractivity contribution in [2.75, 3.05) is 12.1 Å². The molecule has 8 nitrogen and oxygen atoms in total. The Hall–Kier alpha value is -4.98. The summed E-state index contributed by atoms with van der Waals surface area (Å²) in [6, 6.07) is 27.6. The Morgan fingerprint density at radius 1 is 0.975 bits per heavy atom. The highest BCUT2D eigenvalue weighted by atomic mass is 16.7. The fourth-order valence-corrected chi connectivity index (χ4v) is 5.71. The molecular formula is C32H29N5O3. The summed E-state index contributed by atoms with van der Waals surface area (Å²) in [6.45, 7) is 4.75. The van der Waals surface area contributed by atoms with Crippen LogP contribution >= 0.6 is 0 Å². The largest absolute Gasteiger partial charge is 0.454 e. The van der Waals surface area contributed by atoms with Gasteiger partial charge in [-0.3, -0.25) is 0 Å². The molecule has 200 valence electrons. The number of carbonyl (C=O) groups is 1. The molecule has 8 heteroatoms. The maximum Gasteiger partial charge on any atom is 0.322 e. The van der Waals surface area contributed by atoms with Crippen molar-refractivity contribution < 1.29 is 14.3 Å². The second-order valence-electron chi connectivity index (χ2n) is 10.1. The molecule has 2 aromatic heterocycles. The number of ether oxygens (including phenoxy) is 2. The van der Waals surface area contributed by atoms with Gasteiger partial charge in [-0.15, -0.1) is 0 Å². The first-order chi connectivity index (χ1) is 19.6. The molecule has 0 radical (unpaired) electrons. The fourth-order valence-electron chi connectivity index (χ4n) is 5.71. The zero-order chi connectivity index (χ0) is 27.2. The van der Waals surface area contributed by atoms with Crippen molar-refractivity contribution in [3.8, 4) is 23.0 Å². The topological polar surface area (TPSA) is 73.6 Å².